The lowest BCUT2D eigenvalue weighted by atomic mass is 10.1. The number of pyridine rings is 2. The SMILES string of the molecule is Cc1cc(C)c(Oc2nc(-c3cncc(Cl)c3)ccc2N2CCCS2(=O)=O)c(C)c1. The fourth-order valence-corrected chi connectivity index (χ4v) is 5.48. The Balaban J connectivity index is 1.85. The van der Waals surface area contributed by atoms with Crippen LogP contribution < -0.4 is 9.04 Å². The highest BCUT2D eigenvalue weighted by Gasteiger charge is 2.31. The van der Waals surface area contributed by atoms with Crippen molar-refractivity contribution in [3.8, 4) is 22.9 Å². The van der Waals surface area contributed by atoms with Gasteiger partial charge in [-0.3, -0.25) is 9.29 Å². The lowest BCUT2D eigenvalue weighted by molar-refractivity contribution is 0.457. The number of aromatic nitrogens is 2. The average Bonchev–Trinajstić information content (AvgIpc) is 3.03. The van der Waals surface area contributed by atoms with Crippen LogP contribution in [0.1, 0.15) is 23.1 Å². The summed E-state index contributed by atoms with van der Waals surface area (Å²) in [5, 5.41) is 0.494. The Hall–Kier alpha value is -2.64. The minimum Gasteiger partial charge on any atom is -0.436 e. The van der Waals surface area contributed by atoms with Gasteiger partial charge in [-0.25, -0.2) is 13.4 Å². The molecule has 0 atom stereocenters. The van der Waals surface area contributed by atoms with Gasteiger partial charge in [-0.2, -0.15) is 0 Å². The number of halogens is 1. The minimum absolute atomic E-state index is 0.120. The van der Waals surface area contributed by atoms with E-state index in [0.717, 1.165) is 22.3 Å². The van der Waals surface area contributed by atoms with Gasteiger partial charge in [0, 0.05) is 24.5 Å². The van der Waals surface area contributed by atoms with Crippen LogP contribution in [0.3, 0.4) is 0 Å². The fourth-order valence-electron chi connectivity index (χ4n) is 3.75. The summed E-state index contributed by atoms with van der Waals surface area (Å²) < 4.78 is 32.8. The first-order valence-corrected chi connectivity index (χ1v) is 11.6. The highest BCUT2D eigenvalue weighted by Crippen LogP contribution is 2.38. The second kappa shape index (κ2) is 7.89. The molecule has 4 rings (SSSR count). The topological polar surface area (TPSA) is 72.4 Å². The molecule has 3 aromatic rings. The number of hydrogen-bond donors (Lipinski definition) is 0. The second-order valence-electron chi connectivity index (χ2n) is 7.48. The summed E-state index contributed by atoms with van der Waals surface area (Å²) in [7, 11) is -3.39. The van der Waals surface area contributed by atoms with Crippen LogP contribution in [0.15, 0.2) is 42.7 Å². The van der Waals surface area contributed by atoms with E-state index < -0.39 is 10.0 Å². The highest BCUT2D eigenvalue weighted by atomic mass is 35.5. The van der Waals surface area contributed by atoms with Crippen molar-refractivity contribution in [2.45, 2.75) is 27.2 Å². The van der Waals surface area contributed by atoms with Crippen molar-refractivity contribution in [3.05, 3.63) is 64.4 Å². The molecule has 0 N–H and O–H groups in total. The largest absolute Gasteiger partial charge is 0.436 e. The van der Waals surface area contributed by atoms with Crippen LogP contribution in [0.4, 0.5) is 5.69 Å². The smallest absolute Gasteiger partial charge is 0.244 e. The Kier molecular flexibility index (Phi) is 5.42. The van der Waals surface area contributed by atoms with Crippen LogP contribution in [-0.2, 0) is 10.0 Å². The third-order valence-corrected chi connectivity index (χ3v) is 7.07. The normalized spacial score (nSPS) is 15.4. The second-order valence-corrected chi connectivity index (χ2v) is 9.93. The lowest BCUT2D eigenvalue weighted by Gasteiger charge is -2.21. The Morgan fingerprint density at radius 3 is 2.43 bits per heavy atom. The van der Waals surface area contributed by atoms with Gasteiger partial charge in [-0.05, 0) is 56.5 Å². The zero-order valence-electron chi connectivity index (χ0n) is 17.0. The molecule has 1 saturated heterocycles. The minimum atomic E-state index is -3.39. The number of nitrogens with zero attached hydrogens (tertiary/aromatic N) is 3. The molecule has 6 nitrogen and oxygen atoms in total. The van der Waals surface area contributed by atoms with E-state index >= 15 is 0 Å². The number of sulfonamides is 1. The van der Waals surface area contributed by atoms with Crippen LogP contribution in [0.2, 0.25) is 5.02 Å². The highest BCUT2D eigenvalue weighted by molar-refractivity contribution is 7.93. The first kappa shape index (κ1) is 20.6. The third-order valence-electron chi connectivity index (χ3n) is 5.01. The summed E-state index contributed by atoms with van der Waals surface area (Å²) in [4.78, 5) is 8.78. The quantitative estimate of drug-likeness (QED) is 0.563. The molecule has 2 aromatic heterocycles. The molecule has 1 aliphatic heterocycles. The summed E-state index contributed by atoms with van der Waals surface area (Å²) in [6.45, 7) is 6.36. The zero-order chi connectivity index (χ0) is 21.5. The zero-order valence-corrected chi connectivity index (χ0v) is 18.6. The lowest BCUT2D eigenvalue weighted by Crippen LogP contribution is -2.25. The van der Waals surface area contributed by atoms with E-state index in [-0.39, 0.29) is 11.6 Å². The van der Waals surface area contributed by atoms with Crippen molar-refractivity contribution in [1.82, 2.24) is 9.97 Å². The first-order chi connectivity index (χ1) is 14.2. The Morgan fingerprint density at radius 1 is 1.07 bits per heavy atom. The predicted octanol–water partition coefficient (Wildman–Crippen LogP) is 5.05. The van der Waals surface area contributed by atoms with E-state index in [1.165, 1.54) is 4.31 Å². The Morgan fingerprint density at radius 2 is 1.80 bits per heavy atom. The van der Waals surface area contributed by atoms with Gasteiger partial charge in [0.2, 0.25) is 15.9 Å². The van der Waals surface area contributed by atoms with E-state index in [2.05, 4.69) is 9.97 Å². The van der Waals surface area contributed by atoms with Crippen molar-refractivity contribution < 1.29 is 13.2 Å². The molecule has 0 amide bonds. The molecule has 1 aliphatic rings. The molecular weight excluding hydrogens is 422 g/mol. The molecule has 0 bridgehead atoms. The molecule has 0 radical (unpaired) electrons. The van der Waals surface area contributed by atoms with Crippen molar-refractivity contribution in [2.24, 2.45) is 0 Å². The molecule has 1 fully saturated rings. The van der Waals surface area contributed by atoms with Crippen LogP contribution in [-0.4, -0.2) is 30.7 Å². The van der Waals surface area contributed by atoms with Crippen molar-refractivity contribution in [1.29, 1.82) is 0 Å². The van der Waals surface area contributed by atoms with E-state index in [1.807, 2.05) is 32.9 Å². The molecule has 156 valence electrons. The summed E-state index contributed by atoms with van der Waals surface area (Å²) in [5.41, 5.74) is 4.80. The molecule has 1 aromatic carbocycles. The average molecular weight is 444 g/mol. The Bertz CT molecular complexity index is 1210. The van der Waals surface area contributed by atoms with Crippen LogP contribution in [0, 0.1) is 20.8 Å². The molecule has 0 aliphatic carbocycles. The van der Waals surface area contributed by atoms with Crippen molar-refractivity contribution in [2.75, 3.05) is 16.6 Å². The van der Waals surface area contributed by atoms with Crippen molar-refractivity contribution in [3.63, 3.8) is 0 Å². The van der Waals surface area contributed by atoms with Gasteiger partial charge in [0.1, 0.15) is 11.4 Å². The van der Waals surface area contributed by atoms with E-state index in [4.69, 9.17) is 16.3 Å². The van der Waals surface area contributed by atoms with E-state index in [1.54, 1.807) is 30.6 Å². The number of hydrogen-bond acceptors (Lipinski definition) is 5. The molecule has 30 heavy (non-hydrogen) atoms. The maximum atomic E-state index is 12.6. The fraction of sp³-hybridized carbons (Fsp3) is 0.273. The molecule has 0 unspecified atom stereocenters. The number of rotatable bonds is 4. The van der Waals surface area contributed by atoms with E-state index in [9.17, 15) is 8.42 Å². The number of ether oxygens (including phenoxy) is 1. The maximum absolute atomic E-state index is 12.6. The monoisotopic (exact) mass is 443 g/mol. The third kappa shape index (κ3) is 4.00. The van der Waals surface area contributed by atoms with Crippen LogP contribution in [0.25, 0.3) is 11.3 Å². The van der Waals surface area contributed by atoms with Gasteiger partial charge < -0.3 is 4.74 Å². The summed E-state index contributed by atoms with van der Waals surface area (Å²) in [6, 6.07) is 9.31. The Labute approximate surface area is 181 Å². The van der Waals surface area contributed by atoms with Gasteiger partial charge in [-0.1, -0.05) is 29.3 Å². The van der Waals surface area contributed by atoms with Gasteiger partial charge in [0.05, 0.1) is 16.5 Å². The summed E-state index contributed by atoms with van der Waals surface area (Å²) in [6.07, 6.45) is 3.78. The van der Waals surface area contributed by atoms with Gasteiger partial charge >= 0.3 is 0 Å². The van der Waals surface area contributed by atoms with Crippen molar-refractivity contribution >= 4 is 27.3 Å². The summed E-state index contributed by atoms with van der Waals surface area (Å²) >= 11 is 6.08. The molecule has 0 saturated carbocycles. The van der Waals surface area contributed by atoms with Crippen LogP contribution >= 0.6 is 11.6 Å². The first-order valence-electron chi connectivity index (χ1n) is 9.63. The number of aryl methyl sites for hydroxylation is 3. The molecule has 3 heterocycles. The molecular formula is C22H22ClN3O3S. The standard InChI is InChI=1S/C22H22ClN3O3S/c1-14-9-15(2)21(16(3)10-14)29-22-20(26-7-4-8-30(26,27)28)6-5-19(25-22)17-11-18(23)13-24-12-17/h5-6,9-13H,4,7-8H2,1-3H3. The van der Waals surface area contributed by atoms with Gasteiger partial charge in [0.25, 0.3) is 0 Å². The maximum Gasteiger partial charge on any atom is 0.244 e. The molecule has 8 heteroatoms. The van der Waals surface area contributed by atoms with Crippen LogP contribution in [0.5, 0.6) is 11.6 Å². The number of benzene rings is 1. The molecule has 0 spiro atoms. The predicted molar refractivity (Wildman–Crippen MR) is 119 cm³/mol. The number of anilines is 1. The van der Waals surface area contributed by atoms with E-state index in [0.29, 0.717) is 35.1 Å². The van der Waals surface area contributed by atoms with Gasteiger partial charge in [0.15, 0.2) is 0 Å². The van der Waals surface area contributed by atoms with Gasteiger partial charge in [-0.15, -0.1) is 0 Å². The summed E-state index contributed by atoms with van der Waals surface area (Å²) in [5.74, 6) is 1.04.